The van der Waals surface area contributed by atoms with Crippen LogP contribution in [0.2, 0.25) is 0 Å². The molecule has 1 N–H and O–H groups in total. The third kappa shape index (κ3) is 3.69. The lowest BCUT2D eigenvalue weighted by Gasteiger charge is -1.97. The normalized spacial score (nSPS) is 10.1. The van der Waals surface area contributed by atoms with Crippen molar-refractivity contribution in [1.29, 1.82) is 0 Å². The third-order valence-electron chi connectivity index (χ3n) is 1.34. The molecule has 0 fully saturated rings. The molecule has 1 aromatic rings. The van der Waals surface area contributed by atoms with E-state index in [1.165, 1.54) is 0 Å². The van der Waals surface area contributed by atoms with Crippen molar-refractivity contribution in [2.24, 2.45) is 0 Å². The van der Waals surface area contributed by atoms with Gasteiger partial charge in [0.25, 0.3) is 0 Å². The Balaban J connectivity index is 2.16. The van der Waals surface area contributed by atoms with Crippen LogP contribution in [0.1, 0.15) is 12.8 Å². The Labute approximate surface area is 76.8 Å². The second kappa shape index (κ2) is 5.97. The SMILES string of the molecule is [NH]CCCCSc1ncccn1. The average Bonchev–Trinajstić information content (AvgIpc) is 2.14. The highest BCUT2D eigenvalue weighted by Gasteiger charge is 1.94. The molecule has 0 saturated carbocycles. The smallest absolute Gasteiger partial charge is 0.187 e. The van der Waals surface area contributed by atoms with Crippen LogP contribution >= 0.6 is 11.8 Å². The number of aromatic nitrogens is 2. The summed E-state index contributed by atoms with van der Waals surface area (Å²) in [4.78, 5) is 8.16. The number of hydrogen-bond acceptors (Lipinski definition) is 3. The number of unbranched alkanes of at least 4 members (excludes halogenated alkanes) is 1. The first-order chi connectivity index (χ1) is 5.93. The van der Waals surface area contributed by atoms with E-state index in [2.05, 4.69) is 9.97 Å². The predicted octanol–water partition coefficient (Wildman–Crippen LogP) is 1.63. The summed E-state index contributed by atoms with van der Waals surface area (Å²) in [6.45, 7) is 0.524. The zero-order valence-corrected chi connectivity index (χ0v) is 7.68. The fraction of sp³-hybridized carbons (Fsp3) is 0.500. The number of hydrogen-bond donors (Lipinski definition) is 0. The first kappa shape index (κ1) is 9.48. The molecule has 0 aliphatic heterocycles. The summed E-state index contributed by atoms with van der Waals surface area (Å²) in [5.74, 6) is 1.02. The largest absolute Gasteiger partial charge is 0.258 e. The molecule has 0 saturated heterocycles. The molecule has 12 heavy (non-hydrogen) atoms. The molecule has 0 unspecified atom stereocenters. The lowest BCUT2D eigenvalue weighted by molar-refractivity contribution is 0.798. The molecule has 0 aliphatic rings. The molecule has 1 rings (SSSR count). The van der Waals surface area contributed by atoms with Gasteiger partial charge in [-0.1, -0.05) is 11.8 Å². The molecule has 3 nitrogen and oxygen atoms in total. The highest BCUT2D eigenvalue weighted by molar-refractivity contribution is 7.99. The Morgan fingerprint density at radius 3 is 2.67 bits per heavy atom. The van der Waals surface area contributed by atoms with E-state index >= 15 is 0 Å². The van der Waals surface area contributed by atoms with Gasteiger partial charge in [0, 0.05) is 24.7 Å². The van der Waals surface area contributed by atoms with Crippen molar-refractivity contribution in [3.05, 3.63) is 18.5 Å². The molecular formula is C8H12N3S. The standard InChI is InChI=1S/C8H12N3S/c9-4-1-2-7-12-8-10-5-3-6-11-8/h3,5-6,9H,1-2,4,7H2. The zero-order valence-electron chi connectivity index (χ0n) is 6.86. The first-order valence-electron chi connectivity index (χ1n) is 3.98. The molecule has 0 amide bonds. The van der Waals surface area contributed by atoms with Crippen LogP contribution in [-0.2, 0) is 0 Å². The van der Waals surface area contributed by atoms with E-state index < -0.39 is 0 Å². The fourth-order valence-corrected chi connectivity index (χ4v) is 1.55. The van der Waals surface area contributed by atoms with Crippen molar-refractivity contribution in [3.8, 4) is 0 Å². The Kier molecular flexibility index (Phi) is 4.71. The molecule has 0 spiro atoms. The zero-order chi connectivity index (χ0) is 8.65. The van der Waals surface area contributed by atoms with Crippen LogP contribution in [-0.4, -0.2) is 22.3 Å². The lowest BCUT2D eigenvalue weighted by atomic mass is 10.3. The molecular weight excluding hydrogens is 170 g/mol. The van der Waals surface area contributed by atoms with Gasteiger partial charge in [0.1, 0.15) is 0 Å². The van der Waals surface area contributed by atoms with Gasteiger partial charge in [0.2, 0.25) is 0 Å². The van der Waals surface area contributed by atoms with Gasteiger partial charge in [-0.15, -0.1) is 0 Å². The average molecular weight is 182 g/mol. The highest BCUT2D eigenvalue weighted by Crippen LogP contribution is 2.12. The summed E-state index contributed by atoms with van der Waals surface area (Å²) >= 11 is 1.65. The summed E-state index contributed by atoms with van der Waals surface area (Å²) in [6, 6.07) is 1.81. The minimum absolute atomic E-state index is 0.524. The quantitative estimate of drug-likeness (QED) is 0.395. The lowest BCUT2D eigenvalue weighted by Crippen LogP contribution is -1.89. The monoisotopic (exact) mass is 182 g/mol. The van der Waals surface area contributed by atoms with Gasteiger partial charge in [-0.05, 0) is 18.9 Å². The van der Waals surface area contributed by atoms with Crippen LogP contribution in [0.5, 0.6) is 0 Å². The summed E-state index contributed by atoms with van der Waals surface area (Å²) in [7, 11) is 0. The summed E-state index contributed by atoms with van der Waals surface area (Å²) in [5.41, 5.74) is 6.95. The summed E-state index contributed by atoms with van der Waals surface area (Å²) in [5, 5.41) is 0.836. The highest BCUT2D eigenvalue weighted by atomic mass is 32.2. The van der Waals surface area contributed by atoms with Gasteiger partial charge in [-0.25, -0.2) is 9.97 Å². The van der Waals surface area contributed by atoms with Gasteiger partial charge in [-0.3, -0.25) is 5.73 Å². The molecule has 1 aromatic heterocycles. The second-order valence-electron chi connectivity index (χ2n) is 2.34. The Hall–Kier alpha value is -0.610. The molecule has 1 radical (unpaired) electrons. The van der Waals surface area contributed by atoms with Crippen molar-refractivity contribution in [3.63, 3.8) is 0 Å². The Morgan fingerprint density at radius 1 is 1.25 bits per heavy atom. The van der Waals surface area contributed by atoms with Crippen LogP contribution in [0.25, 0.3) is 0 Å². The molecule has 0 aliphatic carbocycles. The molecule has 65 valence electrons. The number of nitrogens with one attached hydrogen (secondary N) is 1. The van der Waals surface area contributed by atoms with Crippen molar-refractivity contribution in [2.75, 3.05) is 12.3 Å². The third-order valence-corrected chi connectivity index (χ3v) is 2.31. The number of nitrogens with zero attached hydrogens (tertiary/aromatic N) is 2. The van der Waals surface area contributed by atoms with Gasteiger partial charge in [-0.2, -0.15) is 0 Å². The summed E-state index contributed by atoms with van der Waals surface area (Å²) in [6.07, 6.45) is 5.55. The maximum absolute atomic E-state index is 6.95. The van der Waals surface area contributed by atoms with E-state index in [1.807, 2.05) is 6.07 Å². The number of thioether (sulfide) groups is 1. The topological polar surface area (TPSA) is 49.6 Å². The van der Waals surface area contributed by atoms with E-state index in [0.29, 0.717) is 6.54 Å². The van der Waals surface area contributed by atoms with Crippen LogP contribution < -0.4 is 5.73 Å². The van der Waals surface area contributed by atoms with Crippen LogP contribution in [0.3, 0.4) is 0 Å². The minimum Gasteiger partial charge on any atom is -0.258 e. The van der Waals surface area contributed by atoms with Crippen molar-refractivity contribution in [2.45, 2.75) is 18.0 Å². The Morgan fingerprint density at radius 2 is 2.00 bits per heavy atom. The van der Waals surface area contributed by atoms with Gasteiger partial charge in [0.05, 0.1) is 0 Å². The molecule has 0 bridgehead atoms. The van der Waals surface area contributed by atoms with Crippen molar-refractivity contribution < 1.29 is 0 Å². The summed E-state index contributed by atoms with van der Waals surface area (Å²) < 4.78 is 0. The molecule has 0 aromatic carbocycles. The first-order valence-corrected chi connectivity index (χ1v) is 4.96. The molecule has 0 atom stereocenters. The number of rotatable bonds is 5. The molecule has 4 heteroatoms. The van der Waals surface area contributed by atoms with E-state index in [0.717, 1.165) is 23.8 Å². The van der Waals surface area contributed by atoms with Gasteiger partial charge in [0.15, 0.2) is 5.16 Å². The maximum atomic E-state index is 6.95. The Bertz CT molecular complexity index is 203. The van der Waals surface area contributed by atoms with Crippen molar-refractivity contribution >= 4 is 11.8 Å². The van der Waals surface area contributed by atoms with Crippen LogP contribution in [0, 0.1) is 0 Å². The minimum atomic E-state index is 0.524. The van der Waals surface area contributed by atoms with Crippen LogP contribution in [0.4, 0.5) is 0 Å². The van der Waals surface area contributed by atoms with E-state index in [1.54, 1.807) is 24.2 Å². The fourth-order valence-electron chi connectivity index (χ4n) is 0.750. The van der Waals surface area contributed by atoms with E-state index in [-0.39, 0.29) is 0 Å². The van der Waals surface area contributed by atoms with E-state index in [9.17, 15) is 0 Å². The van der Waals surface area contributed by atoms with Crippen LogP contribution in [0.15, 0.2) is 23.6 Å². The van der Waals surface area contributed by atoms with Gasteiger partial charge < -0.3 is 0 Å². The molecule has 1 heterocycles. The van der Waals surface area contributed by atoms with Gasteiger partial charge >= 0.3 is 0 Å². The maximum Gasteiger partial charge on any atom is 0.187 e. The van der Waals surface area contributed by atoms with E-state index in [4.69, 9.17) is 5.73 Å². The predicted molar refractivity (Wildman–Crippen MR) is 50.0 cm³/mol. The van der Waals surface area contributed by atoms with Crippen molar-refractivity contribution in [1.82, 2.24) is 15.7 Å². The second-order valence-corrected chi connectivity index (χ2v) is 3.40.